The van der Waals surface area contributed by atoms with Crippen molar-refractivity contribution in [2.24, 2.45) is 5.92 Å². The maximum absolute atomic E-state index is 11.1. The summed E-state index contributed by atoms with van der Waals surface area (Å²) in [7, 11) is 2.17. The second-order valence-corrected chi connectivity index (χ2v) is 4.33. The normalized spacial score (nSPS) is 19.6. The third-order valence-corrected chi connectivity index (χ3v) is 3.01. The third-order valence-electron chi connectivity index (χ3n) is 3.01. The number of rotatable bonds is 4. The van der Waals surface area contributed by atoms with E-state index in [-0.39, 0.29) is 5.91 Å². The summed E-state index contributed by atoms with van der Waals surface area (Å²) in [4.78, 5) is 13.5. The van der Waals surface area contributed by atoms with Crippen molar-refractivity contribution >= 4 is 5.91 Å². The maximum atomic E-state index is 11.1. The Labute approximate surface area is 92.5 Å². The van der Waals surface area contributed by atoms with Crippen molar-refractivity contribution in [3.63, 3.8) is 0 Å². The van der Waals surface area contributed by atoms with E-state index in [2.05, 4.69) is 17.3 Å². The SMILES string of the molecule is C/C=C/C(=O)NCCC1CCN(C)CC1. The van der Waals surface area contributed by atoms with E-state index in [9.17, 15) is 4.79 Å². The van der Waals surface area contributed by atoms with E-state index in [1.54, 1.807) is 12.2 Å². The number of carbonyl (C=O) groups excluding carboxylic acids is 1. The number of piperidine rings is 1. The van der Waals surface area contributed by atoms with E-state index in [0.717, 1.165) is 18.9 Å². The average molecular weight is 210 g/mol. The molecule has 1 amide bonds. The molecule has 0 aliphatic carbocycles. The lowest BCUT2D eigenvalue weighted by Crippen LogP contribution is -2.32. The zero-order valence-electron chi connectivity index (χ0n) is 9.83. The van der Waals surface area contributed by atoms with Crippen LogP contribution in [0.25, 0.3) is 0 Å². The Hall–Kier alpha value is -0.830. The van der Waals surface area contributed by atoms with Crippen LogP contribution < -0.4 is 5.32 Å². The van der Waals surface area contributed by atoms with Gasteiger partial charge in [-0.1, -0.05) is 6.08 Å². The minimum Gasteiger partial charge on any atom is -0.353 e. The van der Waals surface area contributed by atoms with Gasteiger partial charge in [0.15, 0.2) is 0 Å². The standard InChI is InChI=1S/C12H22N2O/c1-3-4-12(15)13-8-5-11-6-9-14(2)10-7-11/h3-4,11H,5-10H2,1-2H3,(H,13,15)/b4-3+. The lowest BCUT2D eigenvalue weighted by molar-refractivity contribution is -0.116. The van der Waals surface area contributed by atoms with Crippen LogP contribution in [0.5, 0.6) is 0 Å². The van der Waals surface area contributed by atoms with Gasteiger partial charge in [0.05, 0.1) is 0 Å². The smallest absolute Gasteiger partial charge is 0.243 e. The highest BCUT2D eigenvalue weighted by Crippen LogP contribution is 2.18. The molecule has 1 aliphatic rings. The molecule has 3 nitrogen and oxygen atoms in total. The molecule has 15 heavy (non-hydrogen) atoms. The Balaban J connectivity index is 2.07. The van der Waals surface area contributed by atoms with Gasteiger partial charge in [0.25, 0.3) is 0 Å². The summed E-state index contributed by atoms with van der Waals surface area (Å²) in [6.45, 7) is 5.08. The van der Waals surface area contributed by atoms with Gasteiger partial charge in [-0.05, 0) is 58.3 Å². The number of likely N-dealkylation sites (tertiary alicyclic amines) is 1. The molecule has 0 aromatic carbocycles. The molecular formula is C12H22N2O. The van der Waals surface area contributed by atoms with Crippen LogP contribution in [0, 0.1) is 5.92 Å². The molecule has 1 fully saturated rings. The second-order valence-electron chi connectivity index (χ2n) is 4.33. The van der Waals surface area contributed by atoms with Gasteiger partial charge in [-0.15, -0.1) is 0 Å². The van der Waals surface area contributed by atoms with E-state index in [1.807, 2.05) is 6.92 Å². The van der Waals surface area contributed by atoms with Gasteiger partial charge in [-0.3, -0.25) is 4.79 Å². The summed E-state index contributed by atoms with van der Waals surface area (Å²) in [5, 5.41) is 2.90. The molecule has 3 heteroatoms. The number of nitrogens with one attached hydrogen (secondary N) is 1. The number of allylic oxidation sites excluding steroid dienone is 1. The van der Waals surface area contributed by atoms with Gasteiger partial charge >= 0.3 is 0 Å². The summed E-state index contributed by atoms with van der Waals surface area (Å²) < 4.78 is 0. The van der Waals surface area contributed by atoms with E-state index in [1.165, 1.54) is 25.9 Å². The summed E-state index contributed by atoms with van der Waals surface area (Å²) in [5.41, 5.74) is 0. The molecule has 0 atom stereocenters. The van der Waals surface area contributed by atoms with Crippen LogP contribution in [0.1, 0.15) is 26.2 Å². The van der Waals surface area contributed by atoms with Crippen LogP contribution in [0.3, 0.4) is 0 Å². The number of nitrogens with zero attached hydrogens (tertiary/aromatic N) is 1. The molecule has 0 saturated carbocycles. The van der Waals surface area contributed by atoms with Crippen molar-refractivity contribution in [3.05, 3.63) is 12.2 Å². The summed E-state index contributed by atoms with van der Waals surface area (Å²) >= 11 is 0. The topological polar surface area (TPSA) is 32.3 Å². The Morgan fingerprint density at radius 1 is 1.47 bits per heavy atom. The summed E-state index contributed by atoms with van der Waals surface area (Å²) in [6.07, 6.45) is 7.02. The van der Waals surface area contributed by atoms with Crippen molar-refractivity contribution in [2.75, 3.05) is 26.7 Å². The number of carbonyl (C=O) groups is 1. The minimum absolute atomic E-state index is 0.0328. The van der Waals surface area contributed by atoms with E-state index in [4.69, 9.17) is 0 Å². The molecule has 0 radical (unpaired) electrons. The van der Waals surface area contributed by atoms with Gasteiger partial charge in [0.1, 0.15) is 0 Å². The molecule has 0 spiro atoms. The molecule has 1 rings (SSSR count). The molecule has 1 aliphatic heterocycles. The highest BCUT2D eigenvalue weighted by atomic mass is 16.1. The molecule has 86 valence electrons. The lowest BCUT2D eigenvalue weighted by Gasteiger charge is -2.28. The third kappa shape index (κ3) is 4.98. The van der Waals surface area contributed by atoms with Gasteiger partial charge in [-0.2, -0.15) is 0 Å². The molecule has 0 aromatic heterocycles. The first-order valence-corrected chi connectivity index (χ1v) is 5.81. The predicted octanol–water partition coefficient (Wildman–Crippen LogP) is 1.41. The molecular weight excluding hydrogens is 188 g/mol. The second kappa shape index (κ2) is 6.62. The summed E-state index contributed by atoms with van der Waals surface area (Å²) in [6, 6.07) is 0. The molecule has 0 bridgehead atoms. The monoisotopic (exact) mass is 210 g/mol. The molecule has 1 heterocycles. The highest BCUT2D eigenvalue weighted by Gasteiger charge is 2.15. The largest absolute Gasteiger partial charge is 0.353 e. The van der Waals surface area contributed by atoms with E-state index in [0.29, 0.717) is 0 Å². The van der Waals surface area contributed by atoms with Crippen molar-refractivity contribution in [1.82, 2.24) is 10.2 Å². The molecule has 1 N–H and O–H groups in total. The van der Waals surface area contributed by atoms with Crippen LogP contribution in [0.4, 0.5) is 0 Å². The van der Waals surface area contributed by atoms with Crippen LogP contribution in [-0.4, -0.2) is 37.5 Å². The molecule has 1 saturated heterocycles. The van der Waals surface area contributed by atoms with E-state index >= 15 is 0 Å². The lowest BCUT2D eigenvalue weighted by atomic mass is 9.94. The van der Waals surface area contributed by atoms with Crippen molar-refractivity contribution in [1.29, 1.82) is 0 Å². The van der Waals surface area contributed by atoms with Gasteiger partial charge in [0, 0.05) is 6.54 Å². The Morgan fingerprint density at radius 3 is 2.73 bits per heavy atom. The van der Waals surface area contributed by atoms with Gasteiger partial charge in [-0.25, -0.2) is 0 Å². The van der Waals surface area contributed by atoms with E-state index < -0.39 is 0 Å². The molecule has 0 aromatic rings. The highest BCUT2D eigenvalue weighted by molar-refractivity contribution is 5.87. The van der Waals surface area contributed by atoms with Crippen LogP contribution in [0.2, 0.25) is 0 Å². The number of amides is 1. The first-order chi connectivity index (χ1) is 7.22. The first-order valence-electron chi connectivity index (χ1n) is 5.81. The van der Waals surface area contributed by atoms with Crippen LogP contribution >= 0.6 is 0 Å². The quantitative estimate of drug-likeness (QED) is 0.712. The number of hydrogen-bond acceptors (Lipinski definition) is 2. The predicted molar refractivity (Wildman–Crippen MR) is 62.7 cm³/mol. The molecule has 0 unspecified atom stereocenters. The Morgan fingerprint density at radius 2 is 2.13 bits per heavy atom. The average Bonchev–Trinajstić information content (AvgIpc) is 2.21. The maximum Gasteiger partial charge on any atom is 0.243 e. The van der Waals surface area contributed by atoms with Crippen molar-refractivity contribution in [2.45, 2.75) is 26.2 Å². The fourth-order valence-corrected chi connectivity index (χ4v) is 1.96. The van der Waals surface area contributed by atoms with Crippen LogP contribution in [-0.2, 0) is 4.79 Å². The fraction of sp³-hybridized carbons (Fsp3) is 0.750. The number of hydrogen-bond donors (Lipinski definition) is 1. The van der Waals surface area contributed by atoms with Crippen molar-refractivity contribution in [3.8, 4) is 0 Å². The Bertz CT molecular complexity index is 218. The van der Waals surface area contributed by atoms with Gasteiger partial charge < -0.3 is 10.2 Å². The zero-order valence-corrected chi connectivity index (χ0v) is 9.83. The Kier molecular flexibility index (Phi) is 5.40. The fourth-order valence-electron chi connectivity index (χ4n) is 1.96. The first kappa shape index (κ1) is 12.2. The summed E-state index contributed by atoms with van der Waals surface area (Å²) in [5.74, 6) is 0.831. The van der Waals surface area contributed by atoms with Crippen LogP contribution in [0.15, 0.2) is 12.2 Å². The zero-order chi connectivity index (χ0) is 11.1. The minimum atomic E-state index is 0.0328. The van der Waals surface area contributed by atoms with Crippen molar-refractivity contribution < 1.29 is 4.79 Å². The van der Waals surface area contributed by atoms with Gasteiger partial charge in [0.2, 0.25) is 5.91 Å².